The zero-order valence-electron chi connectivity index (χ0n) is 14.1. The first-order valence-electron chi connectivity index (χ1n) is 8.49. The Balaban J connectivity index is 1.85. The molecule has 0 aliphatic carbocycles. The molecule has 0 saturated carbocycles. The van der Waals surface area contributed by atoms with Gasteiger partial charge in [-0.15, -0.1) is 0 Å². The van der Waals surface area contributed by atoms with E-state index in [2.05, 4.69) is 18.2 Å². The molecule has 3 nitrogen and oxygen atoms in total. The van der Waals surface area contributed by atoms with Crippen LogP contribution in [0.25, 0.3) is 11.3 Å². The molecule has 130 valence electrons. The summed E-state index contributed by atoms with van der Waals surface area (Å²) in [6.45, 7) is 0.690. The molecule has 4 rings (SSSR count). The predicted octanol–water partition coefficient (Wildman–Crippen LogP) is 2.45. The topological polar surface area (TPSA) is 33.2 Å². The molecule has 1 aliphatic heterocycles. The summed E-state index contributed by atoms with van der Waals surface area (Å²) in [4.78, 5) is 18.0. The third-order valence-electron chi connectivity index (χ3n) is 4.38. The summed E-state index contributed by atoms with van der Waals surface area (Å²) in [5.41, 5.74) is 2.82. The number of carbonyl (C=O) groups excluding carboxylic acids is 1. The van der Waals surface area contributed by atoms with E-state index in [4.69, 9.17) is 4.98 Å². The first-order chi connectivity index (χ1) is 12.7. The Kier molecular flexibility index (Phi) is 4.83. The third kappa shape index (κ3) is 3.41. The number of anilines is 1. The quantitative estimate of drug-likeness (QED) is 0.488. The van der Waals surface area contributed by atoms with Gasteiger partial charge in [0.1, 0.15) is 0 Å². The molecule has 1 aromatic heterocycles. The number of halogens is 1. The number of hydrogen-bond acceptors (Lipinski definition) is 2. The summed E-state index contributed by atoms with van der Waals surface area (Å²) < 4.78 is 15.8. The second-order valence-corrected chi connectivity index (χ2v) is 8.48. The van der Waals surface area contributed by atoms with E-state index in [0.29, 0.717) is 6.54 Å². The molecule has 0 N–H and O–H groups in total. The van der Waals surface area contributed by atoms with Crippen LogP contribution in [0.1, 0.15) is 12.0 Å². The second kappa shape index (κ2) is 7.40. The molecule has 0 unspecified atom stereocenters. The van der Waals surface area contributed by atoms with Gasteiger partial charge in [-0.3, -0.25) is 0 Å². The number of aromatic nitrogens is 1. The van der Waals surface area contributed by atoms with E-state index >= 15 is 0 Å². The Morgan fingerprint density at radius 1 is 1.08 bits per heavy atom. The van der Waals surface area contributed by atoms with Gasteiger partial charge in [-0.1, -0.05) is 0 Å². The normalized spacial score (nSPS) is 13.3. The van der Waals surface area contributed by atoms with Crippen molar-refractivity contribution in [2.24, 2.45) is 0 Å². The van der Waals surface area contributed by atoms with Gasteiger partial charge in [0.25, 0.3) is 0 Å². The van der Waals surface area contributed by atoms with Crippen LogP contribution in [0.4, 0.5) is 10.2 Å². The van der Waals surface area contributed by atoms with E-state index in [-0.39, 0.29) is 20.8 Å². The predicted molar refractivity (Wildman–Crippen MR) is 103 cm³/mol. The van der Waals surface area contributed by atoms with E-state index < -0.39 is 0 Å². The maximum absolute atomic E-state index is 13.4. The van der Waals surface area contributed by atoms with Gasteiger partial charge >= 0.3 is 158 Å². The summed E-state index contributed by atoms with van der Waals surface area (Å²) in [6.07, 6.45) is 2.72. The van der Waals surface area contributed by atoms with Crippen molar-refractivity contribution in [3.05, 3.63) is 72.0 Å². The minimum absolute atomic E-state index is 0.0798. The fourth-order valence-electron chi connectivity index (χ4n) is 3.11. The fourth-order valence-corrected chi connectivity index (χ4v) is 5.23. The fraction of sp³-hybridized carbons (Fsp3) is 0.143. The molecule has 1 amide bonds. The average Bonchev–Trinajstić information content (AvgIpc) is 2.68. The number of rotatable bonds is 4. The van der Waals surface area contributed by atoms with Gasteiger partial charge in [0.15, 0.2) is 0 Å². The summed E-state index contributed by atoms with van der Waals surface area (Å²) >= 11 is 0.0798. The molecule has 2 heterocycles. The van der Waals surface area contributed by atoms with E-state index in [1.165, 1.54) is 16.6 Å². The molecule has 5 heteroatoms. The Labute approximate surface area is 158 Å². The van der Waals surface area contributed by atoms with Crippen molar-refractivity contribution < 1.29 is 9.18 Å². The van der Waals surface area contributed by atoms with Gasteiger partial charge in [0.2, 0.25) is 0 Å². The molecule has 0 radical (unpaired) electrons. The van der Waals surface area contributed by atoms with Crippen LogP contribution in [0.2, 0.25) is 0 Å². The van der Waals surface area contributed by atoms with Crippen LogP contribution in [0.3, 0.4) is 0 Å². The molecule has 2 aromatic carbocycles. The van der Waals surface area contributed by atoms with Gasteiger partial charge in [0.05, 0.1) is 0 Å². The monoisotopic (exact) mass is 412 g/mol. The van der Waals surface area contributed by atoms with Crippen LogP contribution in [0, 0.1) is 5.82 Å². The number of benzene rings is 2. The number of fused-ring (bicyclic) bond motifs is 1. The molecule has 0 bridgehead atoms. The Hall–Kier alpha value is -2.49. The number of amides is 1. The van der Waals surface area contributed by atoms with Crippen LogP contribution in [-0.4, -0.2) is 32.9 Å². The van der Waals surface area contributed by atoms with Gasteiger partial charge in [-0.05, 0) is 0 Å². The summed E-state index contributed by atoms with van der Waals surface area (Å²) in [7, 11) is 0. The molecule has 0 fully saturated rings. The molecule has 26 heavy (non-hydrogen) atoms. The molecule has 0 saturated heterocycles. The van der Waals surface area contributed by atoms with E-state index in [0.717, 1.165) is 46.4 Å². The van der Waals surface area contributed by atoms with Crippen molar-refractivity contribution in [1.82, 2.24) is 4.98 Å². The number of pyridine rings is 1. The minimum atomic E-state index is -0.267. The zero-order valence-corrected chi connectivity index (χ0v) is 15.8. The Morgan fingerprint density at radius 2 is 1.85 bits per heavy atom. The van der Waals surface area contributed by atoms with Crippen LogP contribution in [0.15, 0.2) is 60.7 Å². The Morgan fingerprint density at radius 3 is 2.58 bits per heavy atom. The number of nitrogens with zero attached hydrogens (tertiary/aromatic N) is 2. The molecule has 0 atom stereocenters. The van der Waals surface area contributed by atoms with E-state index in [9.17, 15) is 9.18 Å². The van der Waals surface area contributed by atoms with E-state index in [1.807, 2.05) is 18.2 Å². The third-order valence-corrected chi connectivity index (χ3v) is 6.56. The van der Waals surface area contributed by atoms with Crippen molar-refractivity contribution in [3.63, 3.8) is 0 Å². The average molecular weight is 411 g/mol. The standard InChI is InChI=1S/C21H17FN2OSe/c22-17-10-8-15(9-11-17)20-19(26-18-6-2-1-3-7-18)13-16-5-4-12-24(14-25)21(16)23-20/h1-3,6-11,13-14H,4-5,12H2. The van der Waals surface area contributed by atoms with Crippen LogP contribution >= 0.6 is 0 Å². The molecule has 0 spiro atoms. The maximum atomic E-state index is 13.4. The van der Waals surface area contributed by atoms with E-state index in [1.54, 1.807) is 17.0 Å². The van der Waals surface area contributed by atoms with Gasteiger partial charge in [-0.25, -0.2) is 0 Å². The zero-order chi connectivity index (χ0) is 17.9. The van der Waals surface area contributed by atoms with Gasteiger partial charge in [-0.2, -0.15) is 0 Å². The number of aryl methyl sites for hydroxylation is 1. The Bertz CT molecular complexity index is 929. The van der Waals surface area contributed by atoms with Crippen LogP contribution in [0.5, 0.6) is 0 Å². The first-order valence-corrected chi connectivity index (χ1v) is 10.2. The van der Waals surface area contributed by atoms with Crippen molar-refractivity contribution in [2.45, 2.75) is 12.8 Å². The van der Waals surface area contributed by atoms with Gasteiger partial charge in [0, 0.05) is 0 Å². The molecule has 3 aromatic rings. The molecular formula is C21H17FN2OSe. The summed E-state index contributed by atoms with van der Waals surface area (Å²) in [5.74, 6) is 0.467. The SMILES string of the molecule is O=CN1CCCc2cc([Se]c3ccccc3)c(-c3ccc(F)cc3)nc21. The van der Waals surface area contributed by atoms with Gasteiger partial charge < -0.3 is 0 Å². The van der Waals surface area contributed by atoms with Crippen molar-refractivity contribution in [1.29, 1.82) is 0 Å². The second-order valence-electron chi connectivity index (χ2n) is 6.14. The molecule has 1 aliphatic rings. The number of carbonyl (C=O) groups is 1. The first kappa shape index (κ1) is 17.0. The van der Waals surface area contributed by atoms with Crippen LogP contribution < -0.4 is 13.8 Å². The van der Waals surface area contributed by atoms with Crippen LogP contribution in [-0.2, 0) is 11.2 Å². The molecular weight excluding hydrogens is 394 g/mol. The number of hydrogen-bond donors (Lipinski definition) is 0. The van der Waals surface area contributed by atoms with Crippen molar-refractivity contribution in [3.8, 4) is 11.3 Å². The van der Waals surface area contributed by atoms with Crippen molar-refractivity contribution in [2.75, 3.05) is 11.4 Å². The summed E-state index contributed by atoms with van der Waals surface area (Å²) in [6, 6.07) is 18.9. The van der Waals surface area contributed by atoms with Crippen molar-refractivity contribution >= 4 is 36.1 Å². The summed E-state index contributed by atoms with van der Waals surface area (Å²) in [5, 5.41) is 0.